The molecule has 22 heavy (non-hydrogen) atoms. The van der Waals surface area contributed by atoms with Crippen molar-refractivity contribution in [2.75, 3.05) is 0 Å². The molecule has 0 saturated carbocycles. The Labute approximate surface area is 179 Å². The topological polar surface area (TPSA) is 0 Å². The van der Waals surface area contributed by atoms with Crippen molar-refractivity contribution in [1.29, 1.82) is 0 Å². The molecule has 0 heterocycles. The molecule has 0 radical (unpaired) electrons. The maximum Gasteiger partial charge on any atom is 0.341 e. The Morgan fingerprint density at radius 1 is 0.455 bits per heavy atom. The molecule has 0 aromatic carbocycles. The summed E-state index contributed by atoms with van der Waals surface area (Å²) < 4.78 is 0. The van der Waals surface area contributed by atoms with Crippen LogP contribution in [-0.2, 0) is 0 Å². The van der Waals surface area contributed by atoms with Crippen molar-refractivity contribution >= 4 is 124 Å². The number of rotatable bonds is 12. The minimum absolute atomic E-state index is 0.504. The summed E-state index contributed by atoms with van der Waals surface area (Å²) in [4.78, 5) is 0. The van der Waals surface area contributed by atoms with Gasteiger partial charge in [0.15, 0.2) is 0 Å². The van der Waals surface area contributed by atoms with E-state index in [1.54, 1.807) is 0 Å². The third kappa shape index (κ3) is 19.6. The minimum atomic E-state index is -2.54. The van der Waals surface area contributed by atoms with E-state index >= 15 is 0 Å². The highest BCUT2D eigenvalue weighted by Gasteiger charge is 2.28. The molecule has 0 bridgehead atoms. The molecule has 0 aliphatic rings. The first-order valence-electron chi connectivity index (χ1n) is 6.99. The van der Waals surface area contributed by atoms with Crippen molar-refractivity contribution in [1.82, 2.24) is 0 Å². The number of halogens is 9. The molecule has 0 unspecified atom stereocenters. The molecule has 0 aromatic rings. The average molecular weight is 540 g/mol. The lowest BCUT2D eigenvalue weighted by Crippen LogP contribution is -2.18. The predicted octanol–water partition coefficient (Wildman–Crippen LogP) is 8.62. The zero-order chi connectivity index (χ0) is 17.4. The van der Waals surface area contributed by atoms with Gasteiger partial charge in [-0.1, -0.05) is 38.2 Å². The molecule has 0 aliphatic carbocycles. The summed E-state index contributed by atoms with van der Waals surface area (Å²) >= 11 is 53.3. The summed E-state index contributed by atoms with van der Waals surface area (Å²) in [5.41, 5.74) is 0. The van der Waals surface area contributed by atoms with Crippen molar-refractivity contribution in [2.24, 2.45) is 0 Å². The molecule has 0 rings (SSSR count). The fourth-order valence-corrected chi connectivity index (χ4v) is 7.63. The maximum absolute atomic E-state index is 5.92. The standard InChI is InChI=1S/C9H18BCl9Si3/c11-20(12,13)7-1-4-10(5-2-8-21(14,15)16)6-3-9-22(17,18)19/h1-9H2. The highest BCUT2D eigenvalue weighted by Crippen LogP contribution is 2.32. The molecule has 0 saturated heterocycles. The number of hydrogen-bond acceptors (Lipinski definition) is 0. The molecule has 0 aromatic heterocycles. The van der Waals surface area contributed by atoms with Gasteiger partial charge in [-0.05, 0) is 18.1 Å². The van der Waals surface area contributed by atoms with Crippen molar-refractivity contribution in [3.8, 4) is 0 Å². The van der Waals surface area contributed by atoms with Gasteiger partial charge in [0, 0.05) is 0 Å². The summed E-state index contributed by atoms with van der Waals surface area (Å²) in [5.74, 6) is 0. The van der Waals surface area contributed by atoms with Crippen molar-refractivity contribution in [3.05, 3.63) is 0 Å². The Bertz CT molecular complexity index is 255. The Morgan fingerprint density at radius 2 is 0.682 bits per heavy atom. The molecule has 0 atom stereocenters. The van der Waals surface area contributed by atoms with Crippen LogP contribution < -0.4 is 0 Å². The predicted molar refractivity (Wildman–Crippen MR) is 118 cm³/mol. The molecule has 0 aliphatic heterocycles. The molecular formula is C9H18BCl9Si3. The van der Waals surface area contributed by atoms with Gasteiger partial charge in [-0.15, -0.1) is 99.7 Å². The van der Waals surface area contributed by atoms with Crippen LogP contribution in [0.3, 0.4) is 0 Å². The summed E-state index contributed by atoms with van der Waals surface area (Å²) in [5, 5.41) is 0. The Hall–Kier alpha value is 3.33. The van der Waals surface area contributed by atoms with E-state index in [4.69, 9.17) is 99.7 Å². The first kappa shape index (κ1) is 25.3. The van der Waals surface area contributed by atoms with Crippen LogP contribution >= 0.6 is 99.7 Å². The van der Waals surface area contributed by atoms with Crippen LogP contribution in [0.25, 0.3) is 0 Å². The SMILES string of the molecule is Cl[Si](Cl)(Cl)CCCB(CCC[Si](Cl)(Cl)Cl)CCC[Si](Cl)(Cl)Cl. The second-order valence-electron chi connectivity index (χ2n) is 5.39. The molecule has 0 amide bonds. The molecular weight excluding hydrogens is 522 g/mol. The van der Waals surface area contributed by atoms with E-state index in [2.05, 4.69) is 0 Å². The fourth-order valence-electron chi connectivity index (χ4n) is 2.21. The Balaban J connectivity index is 4.19. The van der Waals surface area contributed by atoms with E-state index < -0.39 is 18.0 Å². The van der Waals surface area contributed by atoms with Crippen LogP contribution in [0.4, 0.5) is 0 Å². The number of hydrogen-bond donors (Lipinski definition) is 0. The third-order valence-corrected chi connectivity index (χ3v) is 11.1. The molecule has 0 fully saturated rings. The van der Waals surface area contributed by atoms with Gasteiger partial charge in [0.2, 0.25) is 0 Å². The van der Waals surface area contributed by atoms with E-state index in [0.29, 0.717) is 24.8 Å². The van der Waals surface area contributed by atoms with Gasteiger partial charge in [0.1, 0.15) is 6.71 Å². The lowest BCUT2D eigenvalue weighted by molar-refractivity contribution is 0.949. The van der Waals surface area contributed by atoms with E-state index in [1.807, 2.05) is 0 Å². The van der Waals surface area contributed by atoms with Crippen LogP contribution in [0, 0.1) is 0 Å². The molecule has 0 spiro atoms. The fraction of sp³-hybridized carbons (Fsp3) is 1.00. The van der Waals surface area contributed by atoms with Crippen LogP contribution in [-0.4, -0.2) is 24.7 Å². The molecule has 13 heteroatoms. The van der Waals surface area contributed by atoms with E-state index in [0.717, 1.165) is 38.2 Å². The highest BCUT2D eigenvalue weighted by atomic mass is 35.9. The van der Waals surface area contributed by atoms with E-state index in [1.165, 1.54) is 0 Å². The smallest absolute Gasteiger partial charge is 0.126 e. The molecule has 132 valence electrons. The average Bonchev–Trinajstić information content (AvgIpc) is 2.23. The summed E-state index contributed by atoms with van der Waals surface area (Å²) in [7, 11) is 0. The monoisotopic (exact) mass is 536 g/mol. The van der Waals surface area contributed by atoms with Gasteiger partial charge in [0.05, 0.1) is 0 Å². The van der Waals surface area contributed by atoms with Crippen LogP contribution in [0.15, 0.2) is 0 Å². The van der Waals surface area contributed by atoms with Gasteiger partial charge >= 0.3 is 18.0 Å². The Morgan fingerprint density at radius 3 is 0.864 bits per heavy atom. The zero-order valence-electron chi connectivity index (χ0n) is 11.8. The van der Waals surface area contributed by atoms with Crippen molar-refractivity contribution < 1.29 is 0 Å². The lowest BCUT2D eigenvalue weighted by Gasteiger charge is -2.16. The molecule has 0 N–H and O–H groups in total. The quantitative estimate of drug-likeness (QED) is 0.172. The largest absolute Gasteiger partial charge is 0.341 e. The minimum Gasteiger partial charge on any atom is -0.126 e. The zero-order valence-corrected chi connectivity index (χ0v) is 21.6. The van der Waals surface area contributed by atoms with Crippen LogP contribution in [0.5, 0.6) is 0 Å². The summed E-state index contributed by atoms with van der Waals surface area (Å²) in [6, 6.07) is -5.61. The van der Waals surface area contributed by atoms with Crippen molar-refractivity contribution in [3.63, 3.8) is 0 Å². The maximum atomic E-state index is 5.92. The van der Waals surface area contributed by atoms with Crippen LogP contribution in [0.2, 0.25) is 37.1 Å². The van der Waals surface area contributed by atoms with Gasteiger partial charge in [-0.3, -0.25) is 0 Å². The van der Waals surface area contributed by atoms with E-state index in [-0.39, 0.29) is 0 Å². The first-order chi connectivity index (χ1) is 9.79. The third-order valence-electron chi connectivity index (χ3n) is 3.22. The first-order valence-corrected chi connectivity index (χ1v) is 22.7. The van der Waals surface area contributed by atoms with Gasteiger partial charge in [-0.25, -0.2) is 0 Å². The van der Waals surface area contributed by atoms with Gasteiger partial charge < -0.3 is 0 Å². The van der Waals surface area contributed by atoms with Crippen molar-refractivity contribution in [2.45, 2.75) is 56.4 Å². The molecule has 0 nitrogen and oxygen atoms in total. The van der Waals surface area contributed by atoms with Gasteiger partial charge in [0.25, 0.3) is 0 Å². The summed E-state index contributed by atoms with van der Waals surface area (Å²) in [6.07, 6.45) is 5.73. The highest BCUT2D eigenvalue weighted by molar-refractivity contribution is 7.65. The Kier molecular flexibility index (Phi) is 13.7. The summed E-state index contributed by atoms with van der Waals surface area (Å²) in [6.45, 7) is 0.504. The lowest BCUT2D eigenvalue weighted by atomic mass is 9.41. The normalized spacial score (nSPS) is 13.5. The van der Waals surface area contributed by atoms with Gasteiger partial charge in [-0.2, -0.15) is 0 Å². The second-order valence-corrected chi connectivity index (χ2v) is 33.2. The second kappa shape index (κ2) is 11.9. The van der Waals surface area contributed by atoms with E-state index in [9.17, 15) is 0 Å². The van der Waals surface area contributed by atoms with Crippen LogP contribution in [0.1, 0.15) is 19.3 Å².